The lowest BCUT2D eigenvalue weighted by molar-refractivity contribution is -0.127. The van der Waals surface area contributed by atoms with Crippen molar-refractivity contribution in [1.29, 1.82) is 0 Å². The van der Waals surface area contributed by atoms with Crippen LogP contribution in [0.3, 0.4) is 0 Å². The summed E-state index contributed by atoms with van der Waals surface area (Å²) in [5, 5.41) is 8.74. The number of pyridine rings is 1. The summed E-state index contributed by atoms with van der Waals surface area (Å²) < 4.78 is 28.3. The molecule has 12 nitrogen and oxygen atoms in total. The average Bonchev–Trinajstić information content (AvgIpc) is 3.12. The first kappa shape index (κ1) is 41.4. The van der Waals surface area contributed by atoms with Crippen LogP contribution in [-0.4, -0.2) is 94.9 Å². The van der Waals surface area contributed by atoms with Crippen molar-refractivity contribution in [3.63, 3.8) is 0 Å². The molecule has 1 aromatic heterocycles. The van der Waals surface area contributed by atoms with E-state index in [0.29, 0.717) is 81.1 Å². The molecule has 4 rings (SSSR count). The summed E-state index contributed by atoms with van der Waals surface area (Å²) in [5.74, 6) is -0.598. The number of para-hydroxylation sites is 1. The van der Waals surface area contributed by atoms with Gasteiger partial charge >= 0.3 is 12.0 Å². The molecular formula is C41H56N4O8. The Balaban J connectivity index is 1.24. The third-order valence-electron chi connectivity index (χ3n) is 8.54. The van der Waals surface area contributed by atoms with E-state index in [0.717, 1.165) is 60.5 Å². The molecule has 1 aliphatic carbocycles. The lowest BCUT2D eigenvalue weighted by atomic mass is 9.86. The van der Waals surface area contributed by atoms with Gasteiger partial charge in [-0.1, -0.05) is 51.1 Å². The summed E-state index contributed by atoms with van der Waals surface area (Å²) in [6.45, 7) is 15.7. The molecule has 0 saturated heterocycles. The van der Waals surface area contributed by atoms with E-state index >= 15 is 0 Å². The van der Waals surface area contributed by atoms with Crippen LogP contribution >= 0.6 is 0 Å². The zero-order valence-corrected chi connectivity index (χ0v) is 31.9. The van der Waals surface area contributed by atoms with Crippen molar-refractivity contribution in [3.8, 4) is 5.75 Å². The lowest BCUT2D eigenvalue weighted by Crippen LogP contribution is -2.44. The summed E-state index contributed by atoms with van der Waals surface area (Å²) in [5.41, 5.74) is 4.91. The van der Waals surface area contributed by atoms with Gasteiger partial charge in [-0.3, -0.25) is 10.1 Å². The molecule has 0 saturated carbocycles. The Kier molecular flexibility index (Phi) is 16.7. The normalized spacial score (nSPS) is 14.1. The summed E-state index contributed by atoms with van der Waals surface area (Å²) in [6.07, 6.45) is 4.30. The lowest BCUT2D eigenvalue weighted by Gasteiger charge is -2.23. The molecule has 288 valence electrons. The van der Waals surface area contributed by atoms with Gasteiger partial charge in [0.1, 0.15) is 12.4 Å². The van der Waals surface area contributed by atoms with Crippen molar-refractivity contribution in [2.75, 3.05) is 65.9 Å². The van der Waals surface area contributed by atoms with Crippen molar-refractivity contribution >= 4 is 40.5 Å². The second-order valence-corrected chi connectivity index (χ2v) is 14.1. The number of esters is 1. The van der Waals surface area contributed by atoms with E-state index in [4.69, 9.17) is 28.7 Å². The fraction of sp³-hybridized carbons (Fsp3) is 0.512. The summed E-state index contributed by atoms with van der Waals surface area (Å²) in [4.78, 5) is 43.0. The number of aromatic nitrogens is 1. The molecule has 0 fully saturated rings. The third kappa shape index (κ3) is 13.9. The Morgan fingerprint density at radius 1 is 0.868 bits per heavy atom. The van der Waals surface area contributed by atoms with Gasteiger partial charge in [-0.2, -0.15) is 0 Å². The van der Waals surface area contributed by atoms with Gasteiger partial charge in [0.25, 0.3) is 5.91 Å². The Hall–Kier alpha value is -4.36. The van der Waals surface area contributed by atoms with Crippen LogP contribution in [-0.2, 0) is 30.2 Å². The van der Waals surface area contributed by atoms with Crippen LogP contribution in [0.2, 0.25) is 0 Å². The molecule has 3 aromatic rings. The number of hydrogen-bond acceptors (Lipinski definition) is 10. The topological polar surface area (TPSA) is 146 Å². The number of carbonyl (C=O) groups excluding carboxylic acids is 3. The molecule has 12 heteroatoms. The van der Waals surface area contributed by atoms with Gasteiger partial charge in [0.05, 0.1) is 56.4 Å². The van der Waals surface area contributed by atoms with Gasteiger partial charge in [0.2, 0.25) is 0 Å². The van der Waals surface area contributed by atoms with Gasteiger partial charge in [-0.05, 0) is 92.5 Å². The molecule has 1 aliphatic rings. The van der Waals surface area contributed by atoms with E-state index < -0.39 is 24.0 Å². The first-order valence-electron chi connectivity index (χ1n) is 18.6. The molecule has 1 heterocycles. The zero-order valence-electron chi connectivity index (χ0n) is 31.9. The second-order valence-electron chi connectivity index (χ2n) is 14.1. The highest BCUT2D eigenvalue weighted by Crippen LogP contribution is 2.36. The quantitative estimate of drug-likeness (QED) is 0.0940. The Morgan fingerprint density at radius 3 is 2.25 bits per heavy atom. The minimum absolute atomic E-state index is 0.344. The van der Waals surface area contributed by atoms with Crippen molar-refractivity contribution in [3.05, 3.63) is 70.9 Å². The van der Waals surface area contributed by atoms with Crippen molar-refractivity contribution in [2.24, 2.45) is 5.41 Å². The monoisotopic (exact) mass is 732 g/mol. The van der Waals surface area contributed by atoms with Crippen molar-refractivity contribution in [2.45, 2.75) is 66.4 Å². The number of amides is 3. The van der Waals surface area contributed by atoms with E-state index in [2.05, 4.69) is 42.8 Å². The summed E-state index contributed by atoms with van der Waals surface area (Å²) in [7, 11) is 0. The molecule has 0 aliphatic heterocycles. The number of carbonyl (C=O) groups is 3. The number of imide groups is 1. The number of nitrogens with one attached hydrogen (secondary N) is 3. The Labute approximate surface area is 313 Å². The number of fused-ring (bicyclic) bond motifs is 2. The summed E-state index contributed by atoms with van der Waals surface area (Å²) in [6, 6.07) is 14.6. The predicted molar refractivity (Wildman–Crippen MR) is 206 cm³/mol. The zero-order chi connectivity index (χ0) is 38.1. The number of urea groups is 1. The number of rotatable bonds is 20. The van der Waals surface area contributed by atoms with Crippen LogP contribution in [0.25, 0.3) is 22.6 Å². The smallest absolute Gasteiger partial charge is 0.339 e. The van der Waals surface area contributed by atoms with E-state index in [1.807, 2.05) is 48.5 Å². The van der Waals surface area contributed by atoms with Crippen LogP contribution in [0.1, 0.15) is 81.1 Å². The number of hydrogen-bond donors (Lipinski definition) is 3. The van der Waals surface area contributed by atoms with Gasteiger partial charge in [-0.25, -0.2) is 14.6 Å². The van der Waals surface area contributed by atoms with Crippen molar-refractivity contribution < 1.29 is 38.1 Å². The Morgan fingerprint density at radius 2 is 1.55 bits per heavy atom. The van der Waals surface area contributed by atoms with Crippen LogP contribution in [0.5, 0.6) is 5.75 Å². The number of ether oxygens (including phenoxy) is 5. The number of nitrogens with zero attached hydrogens (tertiary/aromatic N) is 1. The molecule has 53 heavy (non-hydrogen) atoms. The van der Waals surface area contributed by atoms with E-state index in [1.165, 1.54) is 6.92 Å². The van der Waals surface area contributed by atoms with E-state index in [-0.39, 0.29) is 0 Å². The molecule has 1 atom stereocenters. The summed E-state index contributed by atoms with van der Waals surface area (Å²) >= 11 is 0. The maximum atomic E-state index is 13.6. The Bertz CT molecular complexity index is 1670. The largest absolute Gasteiger partial charge is 0.491 e. The SMILES string of the molecule is CCNC(=O)NC(=O)C(C)OC(=O)c1c2c(nc3ccccc13)C(=Cc1ccc(OCCOCCOCCOCCNCCC(C)(C)C)cc1)CCC2. The van der Waals surface area contributed by atoms with Gasteiger partial charge < -0.3 is 34.3 Å². The molecule has 2 aromatic carbocycles. The van der Waals surface area contributed by atoms with E-state index in [1.54, 1.807) is 6.92 Å². The maximum Gasteiger partial charge on any atom is 0.339 e. The molecule has 3 N–H and O–H groups in total. The van der Waals surface area contributed by atoms with Crippen molar-refractivity contribution in [1.82, 2.24) is 20.9 Å². The van der Waals surface area contributed by atoms with Crippen LogP contribution < -0.4 is 20.7 Å². The molecule has 0 bridgehead atoms. The molecule has 0 radical (unpaired) electrons. The minimum Gasteiger partial charge on any atom is -0.491 e. The highest BCUT2D eigenvalue weighted by Gasteiger charge is 2.28. The standard InChI is InChI=1S/C41H56N4O8/c1-6-43-40(48)45-38(46)29(2)53-39(47)36-33-11-7-8-13-35(33)44-37-31(10-9-12-34(36)37)28-30-14-16-32(17-15-30)52-27-26-51-25-24-50-23-22-49-21-20-42-19-18-41(3,4)5/h7-8,11,13-17,28-29,42H,6,9-10,12,18-27H2,1-5H3,(H2,43,45,46,48). The van der Waals surface area contributed by atoms with Crippen LogP contribution in [0.15, 0.2) is 48.5 Å². The number of benzene rings is 2. The first-order chi connectivity index (χ1) is 25.6. The molecule has 3 amide bonds. The highest BCUT2D eigenvalue weighted by molar-refractivity contribution is 6.07. The predicted octanol–water partition coefficient (Wildman–Crippen LogP) is 5.96. The van der Waals surface area contributed by atoms with Gasteiger partial charge in [0.15, 0.2) is 6.10 Å². The first-order valence-corrected chi connectivity index (χ1v) is 18.6. The maximum absolute atomic E-state index is 13.6. The fourth-order valence-electron chi connectivity index (χ4n) is 5.75. The fourth-order valence-corrected chi connectivity index (χ4v) is 5.75. The molecule has 1 unspecified atom stereocenters. The van der Waals surface area contributed by atoms with Crippen LogP contribution in [0, 0.1) is 5.41 Å². The molecule has 0 spiro atoms. The van der Waals surface area contributed by atoms with E-state index in [9.17, 15) is 14.4 Å². The average molecular weight is 733 g/mol. The highest BCUT2D eigenvalue weighted by atomic mass is 16.6. The van der Waals surface area contributed by atoms with Gasteiger partial charge in [0, 0.05) is 18.5 Å². The van der Waals surface area contributed by atoms with Gasteiger partial charge in [-0.15, -0.1) is 0 Å². The molecular weight excluding hydrogens is 676 g/mol. The minimum atomic E-state index is -1.18. The van der Waals surface area contributed by atoms with Crippen LogP contribution in [0.4, 0.5) is 4.79 Å². The third-order valence-corrected chi connectivity index (χ3v) is 8.54. The number of allylic oxidation sites excluding steroid dienone is 1. The second kappa shape index (κ2) is 21.4.